The van der Waals surface area contributed by atoms with Gasteiger partial charge >= 0.3 is 0 Å². The zero-order chi connectivity index (χ0) is 15.0. The number of benzene rings is 1. The third-order valence-corrected chi connectivity index (χ3v) is 3.27. The Labute approximate surface area is 127 Å². The molecule has 110 valence electrons. The molecule has 0 spiro atoms. The van der Waals surface area contributed by atoms with Crippen molar-refractivity contribution in [1.29, 1.82) is 0 Å². The smallest absolute Gasteiger partial charge is 0.203 e. The topological polar surface area (TPSA) is 44.8 Å². The van der Waals surface area contributed by atoms with Gasteiger partial charge in [-0.1, -0.05) is 22.0 Å². The lowest BCUT2D eigenvalue weighted by atomic mass is 10.1. The molecule has 0 radical (unpaired) electrons. The number of hydrogen-bond donors (Lipinski definition) is 0. The van der Waals surface area contributed by atoms with E-state index in [-0.39, 0.29) is 5.78 Å². The molecular weight excluding hydrogens is 324 g/mol. The van der Waals surface area contributed by atoms with Gasteiger partial charge in [-0.3, -0.25) is 4.79 Å². The minimum atomic E-state index is 0.0956. The zero-order valence-corrected chi connectivity index (χ0v) is 13.5. The number of carbonyl (C=O) groups excluding carboxylic acids is 1. The van der Waals surface area contributed by atoms with Crippen LogP contribution in [0.5, 0.6) is 17.2 Å². The predicted molar refractivity (Wildman–Crippen MR) is 83.2 cm³/mol. The molecule has 0 atom stereocenters. The van der Waals surface area contributed by atoms with E-state index in [0.29, 0.717) is 23.7 Å². The molecule has 0 fully saturated rings. The molecule has 0 aromatic heterocycles. The number of hydrogen-bond acceptors (Lipinski definition) is 4. The van der Waals surface area contributed by atoms with Crippen LogP contribution in [0.3, 0.4) is 0 Å². The van der Waals surface area contributed by atoms with Crippen LogP contribution in [0.2, 0.25) is 0 Å². The van der Waals surface area contributed by atoms with Crippen LogP contribution in [0.1, 0.15) is 18.4 Å². The molecule has 0 amide bonds. The van der Waals surface area contributed by atoms with Gasteiger partial charge in [0.2, 0.25) is 5.75 Å². The Morgan fingerprint density at radius 2 is 1.75 bits per heavy atom. The number of halogens is 1. The van der Waals surface area contributed by atoms with Crippen molar-refractivity contribution in [3.05, 3.63) is 23.8 Å². The standard InChI is InChI=1S/C15H19BrO4/c1-18-13-9-11(6-7-12(17)5-4-8-16)10-14(19-2)15(13)20-3/h6-7,9-10H,4-5,8H2,1-3H3/b7-6+. The zero-order valence-electron chi connectivity index (χ0n) is 11.9. The molecule has 1 aromatic rings. The van der Waals surface area contributed by atoms with Crippen LogP contribution in [0, 0.1) is 0 Å². The second-order valence-corrected chi connectivity index (χ2v) is 4.84. The summed E-state index contributed by atoms with van der Waals surface area (Å²) in [6.45, 7) is 0. The highest BCUT2D eigenvalue weighted by atomic mass is 79.9. The van der Waals surface area contributed by atoms with Crippen molar-refractivity contribution in [2.75, 3.05) is 26.7 Å². The first kappa shape index (κ1) is 16.6. The van der Waals surface area contributed by atoms with Gasteiger partial charge < -0.3 is 14.2 Å². The summed E-state index contributed by atoms with van der Waals surface area (Å²) in [7, 11) is 4.68. The van der Waals surface area contributed by atoms with Gasteiger partial charge in [0.05, 0.1) is 21.3 Å². The van der Waals surface area contributed by atoms with Crippen molar-refractivity contribution in [2.45, 2.75) is 12.8 Å². The molecule has 0 aliphatic carbocycles. The molecule has 20 heavy (non-hydrogen) atoms. The summed E-state index contributed by atoms with van der Waals surface area (Å²) >= 11 is 3.30. The van der Waals surface area contributed by atoms with E-state index >= 15 is 0 Å². The van der Waals surface area contributed by atoms with E-state index in [1.165, 1.54) is 0 Å². The molecule has 0 saturated carbocycles. The van der Waals surface area contributed by atoms with Gasteiger partial charge in [0.25, 0.3) is 0 Å². The number of carbonyl (C=O) groups is 1. The summed E-state index contributed by atoms with van der Waals surface area (Å²) in [6.07, 6.45) is 4.69. The second kappa shape index (κ2) is 8.64. The highest BCUT2D eigenvalue weighted by Gasteiger charge is 2.12. The molecule has 5 heteroatoms. The molecule has 0 saturated heterocycles. The summed E-state index contributed by atoms with van der Waals surface area (Å²) in [4.78, 5) is 11.6. The number of allylic oxidation sites excluding steroid dienone is 1. The summed E-state index contributed by atoms with van der Waals surface area (Å²) < 4.78 is 15.8. The Morgan fingerprint density at radius 3 is 2.20 bits per heavy atom. The first-order valence-electron chi connectivity index (χ1n) is 6.23. The fourth-order valence-electron chi connectivity index (χ4n) is 1.71. The summed E-state index contributed by atoms with van der Waals surface area (Å²) in [6, 6.07) is 3.60. The molecule has 1 rings (SSSR count). The fourth-order valence-corrected chi connectivity index (χ4v) is 1.99. The van der Waals surface area contributed by atoms with Crippen molar-refractivity contribution in [2.24, 2.45) is 0 Å². The first-order chi connectivity index (χ1) is 9.65. The molecule has 4 nitrogen and oxygen atoms in total. The second-order valence-electron chi connectivity index (χ2n) is 4.05. The fraction of sp³-hybridized carbons (Fsp3) is 0.400. The number of methoxy groups -OCH3 is 3. The van der Waals surface area contributed by atoms with Crippen molar-refractivity contribution in [3.8, 4) is 17.2 Å². The lowest BCUT2D eigenvalue weighted by Crippen LogP contribution is -1.96. The van der Waals surface area contributed by atoms with Crippen LogP contribution in [0.4, 0.5) is 0 Å². The van der Waals surface area contributed by atoms with E-state index in [1.54, 1.807) is 45.6 Å². The molecule has 0 aliphatic heterocycles. The van der Waals surface area contributed by atoms with Crippen LogP contribution in [-0.2, 0) is 4.79 Å². The Bertz CT molecular complexity index is 458. The van der Waals surface area contributed by atoms with Crippen molar-refractivity contribution < 1.29 is 19.0 Å². The van der Waals surface area contributed by atoms with E-state index in [4.69, 9.17) is 14.2 Å². The molecule has 0 aliphatic rings. The maximum atomic E-state index is 11.6. The Hall–Kier alpha value is -1.49. The van der Waals surface area contributed by atoms with Gasteiger partial charge in [-0.2, -0.15) is 0 Å². The molecule has 1 aromatic carbocycles. The van der Waals surface area contributed by atoms with Crippen LogP contribution < -0.4 is 14.2 Å². The number of ketones is 1. The van der Waals surface area contributed by atoms with Gasteiger partial charge in [-0.25, -0.2) is 0 Å². The summed E-state index contributed by atoms with van der Waals surface area (Å²) in [5.74, 6) is 1.77. The lowest BCUT2D eigenvalue weighted by molar-refractivity contribution is -0.114. The average molecular weight is 343 g/mol. The van der Waals surface area contributed by atoms with Crippen LogP contribution >= 0.6 is 15.9 Å². The predicted octanol–water partition coefficient (Wildman–Crippen LogP) is 3.47. The molecule has 0 heterocycles. The number of alkyl halides is 1. The minimum Gasteiger partial charge on any atom is -0.493 e. The van der Waals surface area contributed by atoms with Crippen molar-refractivity contribution in [1.82, 2.24) is 0 Å². The summed E-state index contributed by atoms with van der Waals surface area (Å²) in [5.41, 5.74) is 0.826. The molecule has 0 N–H and O–H groups in total. The monoisotopic (exact) mass is 342 g/mol. The van der Waals surface area contributed by atoms with E-state index < -0.39 is 0 Å². The van der Waals surface area contributed by atoms with Gasteiger partial charge in [0.1, 0.15) is 0 Å². The third-order valence-electron chi connectivity index (χ3n) is 2.71. The quantitative estimate of drug-likeness (QED) is 0.536. The minimum absolute atomic E-state index is 0.0956. The maximum absolute atomic E-state index is 11.6. The van der Waals surface area contributed by atoms with Crippen molar-refractivity contribution in [3.63, 3.8) is 0 Å². The van der Waals surface area contributed by atoms with Crippen LogP contribution in [0.15, 0.2) is 18.2 Å². The number of ether oxygens (including phenoxy) is 3. The molecule has 0 bridgehead atoms. The van der Waals surface area contributed by atoms with Crippen LogP contribution in [-0.4, -0.2) is 32.4 Å². The van der Waals surface area contributed by atoms with Gasteiger partial charge in [0, 0.05) is 11.8 Å². The maximum Gasteiger partial charge on any atom is 0.203 e. The molecular formula is C15H19BrO4. The van der Waals surface area contributed by atoms with Crippen LogP contribution in [0.25, 0.3) is 6.08 Å². The van der Waals surface area contributed by atoms with Gasteiger partial charge in [-0.15, -0.1) is 0 Å². The Kier molecular flexibility index (Phi) is 7.15. The average Bonchev–Trinajstić information content (AvgIpc) is 2.49. The largest absolute Gasteiger partial charge is 0.493 e. The van der Waals surface area contributed by atoms with E-state index in [1.807, 2.05) is 0 Å². The van der Waals surface area contributed by atoms with E-state index in [9.17, 15) is 4.79 Å². The first-order valence-corrected chi connectivity index (χ1v) is 7.35. The van der Waals surface area contributed by atoms with Gasteiger partial charge in [0.15, 0.2) is 17.3 Å². The lowest BCUT2D eigenvalue weighted by Gasteiger charge is -2.12. The third kappa shape index (κ3) is 4.56. The highest BCUT2D eigenvalue weighted by Crippen LogP contribution is 2.38. The van der Waals surface area contributed by atoms with E-state index in [0.717, 1.165) is 17.3 Å². The SMILES string of the molecule is COc1cc(/C=C/C(=O)CCCBr)cc(OC)c1OC. The van der Waals surface area contributed by atoms with Crippen molar-refractivity contribution >= 4 is 27.8 Å². The Balaban J connectivity index is 2.96. The highest BCUT2D eigenvalue weighted by molar-refractivity contribution is 9.09. The van der Waals surface area contributed by atoms with E-state index in [2.05, 4.69) is 15.9 Å². The molecule has 0 unspecified atom stereocenters. The summed E-state index contributed by atoms with van der Waals surface area (Å²) in [5, 5.41) is 0.830. The van der Waals surface area contributed by atoms with Gasteiger partial charge in [-0.05, 0) is 30.2 Å². The Morgan fingerprint density at radius 1 is 1.15 bits per heavy atom. The normalized spacial score (nSPS) is 10.6. The number of rotatable bonds is 8.